The van der Waals surface area contributed by atoms with Crippen LogP contribution in [0.4, 0.5) is 0 Å². The van der Waals surface area contributed by atoms with E-state index >= 15 is 0 Å². The zero-order valence-corrected chi connectivity index (χ0v) is 9.31. The van der Waals surface area contributed by atoms with Crippen molar-refractivity contribution >= 4 is 5.97 Å². The highest BCUT2D eigenvalue weighted by molar-refractivity contribution is 5.68. The zero-order chi connectivity index (χ0) is 11.4. The van der Waals surface area contributed by atoms with Gasteiger partial charge in [-0.2, -0.15) is 0 Å². The average molecular weight is 216 g/mol. The highest BCUT2D eigenvalue weighted by atomic mass is 16.6. The van der Waals surface area contributed by atoms with Crippen LogP contribution >= 0.6 is 0 Å². The van der Waals surface area contributed by atoms with Gasteiger partial charge in [0, 0.05) is 5.28 Å². The van der Waals surface area contributed by atoms with Gasteiger partial charge in [0.25, 0.3) is 0 Å². The molecule has 0 aliphatic rings. The molecule has 0 rings (SSSR count). The van der Waals surface area contributed by atoms with E-state index in [1.807, 2.05) is 0 Å². The quantitative estimate of drug-likeness (QED) is 0.347. The first kappa shape index (κ1) is 13.9. The van der Waals surface area contributed by atoms with Gasteiger partial charge in [-0.25, -0.2) is 0 Å². The van der Waals surface area contributed by atoms with Crippen LogP contribution in [0.1, 0.15) is 45.4 Å². The van der Waals surface area contributed by atoms with Crippen molar-refractivity contribution in [3.63, 3.8) is 0 Å². The molecule has 88 valence electrons. The third-order valence-corrected chi connectivity index (χ3v) is 1.91. The summed E-state index contributed by atoms with van der Waals surface area (Å²) in [5, 5.41) is 14.8. The lowest BCUT2D eigenvalue weighted by Gasteiger charge is -1.98. The van der Waals surface area contributed by atoms with E-state index in [-0.39, 0.29) is 6.54 Å². The molecule has 15 heavy (non-hydrogen) atoms. The van der Waals surface area contributed by atoms with Gasteiger partial charge in [-0.3, -0.25) is 4.79 Å². The number of carboxylic acids is 1. The summed E-state index contributed by atoms with van der Waals surface area (Å²) in [6, 6.07) is 0. The molecule has 0 spiro atoms. The second kappa shape index (κ2) is 10.9. The SMILES string of the molecule is CCCCCCCCON=NCC(=O)O. The number of hydrogen-bond acceptors (Lipinski definition) is 4. The minimum absolute atomic E-state index is 0.323. The maximum Gasteiger partial charge on any atom is 0.327 e. The molecule has 0 aromatic carbocycles. The van der Waals surface area contributed by atoms with Gasteiger partial charge in [0.05, 0.1) is 0 Å². The van der Waals surface area contributed by atoms with Gasteiger partial charge >= 0.3 is 5.97 Å². The van der Waals surface area contributed by atoms with Crippen LogP contribution in [0.25, 0.3) is 0 Å². The lowest BCUT2D eigenvalue weighted by molar-refractivity contribution is -0.135. The van der Waals surface area contributed by atoms with Gasteiger partial charge in [-0.05, 0) is 12.8 Å². The smallest absolute Gasteiger partial charge is 0.327 e. The van der Waals surface area contributed by atoms with Crippen LogP contribution in [0.3, 0.4) is 0 Å². The third-order valence-electron chi connectivity index (χ3n) is 1.91. The first-order valence-corrected chi connectivity index (χ1v) is 5.48. The molecule has 0 fully saturated rings. The molecule has 0 aromatic rings. The summed E-state index contributed by atoms with van der Waals surface area (Å²) in [6.07, 6.45) is 7.13. The van der Waals surface area contributed by atoms with Crippen LogP contribution in [0.2, 0.25) is 0 Å². The van der Waals surface area contributed by atoms with Crippen molar-refractivity contribution in [2.24, 2.45) is 10.4 Å². The van der Waals surface area contributed by atoms with E-state index < -0.39 is 5.97 Å². The largest absolute Gasteiger partial charge is 0.480 e. The van der Waals surface area contributed by atoms with Crippen molar-refractivity contribution in [3.8, 4) is 0 Å². The van der Waals surface area contributed by atoms with E-state index in [1.165, 1.54) is 25.7 Å². The molecule has 0 bridgehead atoms. The van der Waals surface area contributed by atoms with Gasteiger partial charge in [0.1, 0.15) is 6.61 Å². The molecule has 0 unspecified atom stereocenters. The second-order valence-corrected chi connectivity index (χ2v) is 3.38. The Morgan fingerprint density at radius 1 is 1.20 bits per heavy atom. The number of hydrogen-bond donors (Lipinski definition) is 1. The topological polar surface area (TPSA) is 71.2 Å². The molecule has 0 saturated carbocycles. The Labute approximate surface area is 90.5 Å². The fourth-order valence-electron chi connectivity index (χ4n) is 1.12. The van der Waals surface area contributed by atoms with Crippen LogP contribution in [-0.2, 0) is 9.63 Å². The summed E-state index contributed by atoms with van der Waals surface area (Å²) in [5.74, 6) is -0.998. The standard InChI is InChI=1S/C10H20N2O3/c1-2-3-4-5-6-7-8-15-12-11-9-10(13)14/h2-9H2,1H3,(H,13,14). The minimum atomic E-state index is -0.998. The van der Waals surface area contributed by atoms with Gasteiger partial charge < -0.3 is 9.94 Å². The summed E-state index contributed by atoms with van der Waals surface area (Å²) in [7, 11) is 0. The maximum atomic E-state index is 10.0. The number of unbranched alkanes of at least 4 members (excludes halogenated alkanes) is 5. The molecule has 5 heteroatoms. The fraction of sp³-hybridized carbons (Fsp3) is 0.900. The van der Waals surface area contributed by atoms with Gasteiger partial charge in [-0.1, -0.05) is 32.6 Å². The second-order valence-electron chi connectivity index (χ2n) is 3.38. The van der Waals surface area contributed by atoms with Gasteiger partial charge in [0.15, 0.2) is 6.54 Å². The Morgan fingerprint density at radius 2 is 1.87 bits per heavy atom. The molecule has 0 aliphatic heterocycles. The number of aliphatic carboxylic acids is 1. The Morgan fingerprint density at radius 3 is 2.53 bits per heavy atom. The van der Waals surface area contributed by atoms with Crippen molar-refractivity contribution in [1.29, 1.82) is 0 Å². The van der Waals surface area contributed by atoms with E-state index in [1.54, 1.807) is 0 Å². The van der Waals surface area contributed by atoms with Gasteiger partial charge in [-0.15, -0.1) is 5.11 Å². The monoisotopic (exact) mass is 216 g/mol. The van der Waals surface area contributed by atoms with Crippen molar-refractivity contribution < 1.29 is 14.7 Å². The molecular weight excluding hydrogens is 196 g/mol. The number of carboxylic acid groups (broad SMARTS) is 1. The zero-order valence-electron chi connectivity index (χ0n) is 9.31. The van der Waals surface area contributed by atoms with Gasteiger partial charge in [0.2, 0.25) is 0 Å². The van der Waals surface area contributed by atoms with Crippen LogP contribution < -0.4 is 0 Å². The lowest BCUT2D eigenvalue weighted by atomic mass is 10.1. The summed E-state index contributed by atoms with van der Waals surface area (Å²) in [6.45, 7) is 2.39. The molecule has 1 N–H and O–H groups in total. The molecule has 0 aliphatic carbocycles. The highest BCUT2D eigenvalue weighted by Gasteiger charge is 1.92. The average Bonchev–Trinajstić information content (AvgIpc) is 2.20. The summed E-state index contributed by atoms with van der Waals surface area (Å²) >= 11 is 0. The lowest BCUT2D eigenvalue weighted by Crippen LogP contribution is -1.98. The normalized spacial score (nSPS) is 10.7. The number of carbonyl (C=O) groups is 1. The Hall–Kier alpha value is -1.13. The van der Waals surface area contributed by atoms with E-state index in [4.69, 9.17) is 9.94 Å². The first-order valence-electron chi connectivity index (χ1n) is 5.48. The number of nitrogens with zero attached hydrogens (tertiary/aromatic N) is 2. The fourth-order valence-corrected chi connectivity index (χ4v) is 1.12. The predicted octanol–water partition coefficient (Wildman–Crippen LogP) is 2.82. The van der Waals surface area contributed by atoms with Crippen molar-refractivity contribution in [1.82, 2.24) is 0 Å². The maximum absolute atomic E-state index is 10.0. The minimum Gasteiger partial charge on any atom is -0.480 e. The molecule has 5 nitrogen and oxygen atoms in total. The summed E-state index contributed by atoms with van der Waals surface area (Å²) in [5.41, 5.74) is 0. The highest BCUT2D eigenvalue weighted by Crippen LogP contribution is 2.04. The van der Waals surface area contributed by atoms with Crippen LogP contribution in [0.15, 0.2) is 10.4 Å². The summed E-state index contributed by atoms with van der Waals surface area (Å²) in [4.78, 5) is 14.8. The molecule has 0 radical (unpaired) electrons. The van der Waals surface area contributed by atoms with Crippen molar-refractivity contribution in [3.05, 3.63) is 0 Å². The van der Waals surface area contributed by atoms with Crippen molar-refractivity contribution in [2.45, 2.75) is 45.4 Å². The Balaban J connectivity index is 3.04. The van der Waals surface area contributed by atoms with Crippen LogP contribution in [0, 0.1) is 0 Å². The van der Waals surface area contributed by atoms with E-state index in [0.717, 1.165) is 12.8 Å². The molecular formula is C10H20N2O3. The predicted molar refractivity (Wildman–Crippen MR) is 56.7 cm³/mol. The molecule has 0 saturated heterocycles. The van der Waals surface area contributed by atoms with E-state index in [9.17, 15) is 4.79 Å². The Bertz CT molecular complexity index is 184. The van der Waals surface area contributed by atoms with Crippen LogP contribution in [-0.4, -0.2) is 24.2 Å². The first-order chi connectivity index (χ1) is 7.27. The molecule has 0 atom stereocenters. The molecule has 0 amide bonds. The molecule has 0 heterocycles. The summed E-state index contributed by atoms with van der Waals surface area (Å²) < 4.78 is 0. The van der Waals surface area contributed by atoms with E-state index in [2.05, 4.69) is 17.3 Å². The third kappa shape index (κ3) is 12.9. The number of rotatable bonds is 10. The van der Waals surface area contributed by atoms with Crippen LogP contribution in [0.5, 0.6) is 0 Å². The molecule has 0 aromatic heterocycles. The van der Waals surface area contributed by atoms with Crippen molar-refractivity contribution in [2.75, 3.05) is 13.2 Å². The Kier molecular flexibility index (Phi) is 10.1. The van der Waals surface area contributed by atoms with E-state index in [0.29, 0.717) is 6.61 Å².